The van der Waals surface area contributed by atoms with Crippen LogP contribution in [0.4, 0.5) is 8.78 Å². The monoisotopic (exact) mass is 339 g/mol. The summed E-state index contributed by atoms with van der Waals surface area (Å²) in [7, 11) is 0. The fourth-order valence-electron chi connectivity index (χ4n) is 2.20. The molecule has 1 N–H and O–H groups in total. The highest BCUT2D eigenvalue weighted by atomic mass is 79.9. The summed E-state index contributed by atoms with van der Waals surface area (Å²) in [5.41, 5.74) is 1.95. The van der Waals surface area contributed by atoms with Crippen molar-refractivity contribution in [3.05, 3.63) is 69.2 Å². The minimum atomic E-state index is -0.295. The molecule has 0 amide bonds. The minimum Gasteiger partial charge on any atom is -0.306 e. The van der Waals surface area contributed by atoms with Crippen LogP contribution in [-0.2, 0) is 0 Å². The third kappa shape index (κ3) is 3.07. The van der Waals surface area contributed by atoms with Gasteiger partial charge in [-0.2, -0.15) is 0 Å². The van der Waals surface area contributed by atoms with Crippen LogP contribution in [0.5, 0.6) is 0 Å². The minimum absolute atomic E-state index is 0.251. The molecular formula is C16H16BrF2N. The second-order valence-corrected chi connectivity index (χ2v) is 5.50. The van der Waals surface area contributed by atoms with Gasteiger partial charge < -0.3 is 5.32 Å². The summed E-state index contributed by atoms with van der Waals surface area (Å²) < 4.78 is 28.1. The Balaban J connectivity index is 2.50. The Morgan fingerprint density at radius 1 is 1.20 bits per heavy atom. The van der Waals surface area contributed by atoms with Gasteiger partial charge in [-0.05, 0) is 52.7 Å². The lowest BCUT2D eigenvalue weighted by molar-refractivity contribution is 0.553. The zero-order valence-electron chi connectivity index (χ0n) is 11.4. The molecule has 0 aliphatic heterocycles. The molecule has 106 valence electrons. The lowest BCUT2D eigenvalue weighted by Gasteiger charge is -2.20. The average Bonchev–Trinajstić information content (AvgIpc) is 2.43. The van der Waals surface area contributed by atoms with E-state index in [0.29, 0.717) is 22.1 Å². The van der Waals surface area contributed by atoms with Crippen molar-refractivity contribution in [3.8, 4) is 0 Å². The molecule has 4 heteroatoms. The third-order valence-corrected chi connectivity index (χ3v) is 3.83. The molecule has 2 aromatic carbocycles. The highest BCUT2D eigenvalue weighted by Gasteiger charge is 2.19. The summed E-state index contributed by atoms with van der Waals surface area (Å²) in [6, 6.07) is 9.77. The van der Waals surface area contributed by atoms with E-state index in [2.05, 4.69) is 21.2 Å². The van der Waals surface area contributed by atoms with Crippen LogP contribution in [0, 0.1) is 18.6 Å². The molecule has 0 bridgehead atoms. The molecule has 0 spiro atoms. The molecule has 0 heterocycles. The number of benzene rings is 2. The van der Waals surface area contributed by atoms with Gasteiger partial charge in [0, 0.05) is 5.56 Å². The molecule has 2 rings (SSSR count). The van der Waals surface area contributed by atoms with Gasteiger partial charge in [-0.1, -0.05) is 31.2 Å². The van der Waals surface area contributed by atoms with Crippen LogP contribution in [0.1, 0.15) is 29.7 Å². The summed E-state index contributed by atoms with van der Waals surface area (Å²) in [5.74, 6) is -0.542. The van der Waals surface area contributed by atoms with Crippen LogP contribution in [0.3, 0.4) is 0 Å². The normalized spacial score (nSPS) is 12.4. The Hall–Kier alpha value is -1.26. The molecule has 0 radical (unpaired) electrons. The van der Waals surface area contributed by atoms with E-state index in [-0.39, 0.29) is 17.7 Å². The first-order valence-corrected chi connectivity index (χ1v) is 7.27. The van der Waals surface area contributed by atoms with Crippen molar-refractivity contribution >= 4 is 15.9 Å². The molecule has 1 unspecified atom stereocenters. The van der Waals surface area contributed by atoms with Gasteiger partial charge in [-0.25, -0.2) is 8.78 Å². The topological polar surface area (TPSA) is 12.0 Å². The summed E-state index contributed by atoms with van der Waals surface area (Å²) in [6.45, 7) is 4.35. The van der Waals surface area contributed by atoms with E-state index in [1.807, 2.05) is 6.92 Å². The van der Waals surface area contributed by atoms with E-state index >= 15 is 0 Å². The average molecular weight is 340 g/mol. The van der Waals surface area contributed by atoms with Crippen LogP contribution < -0.4 is 5.32 Å². The molecule has 0 aromatic heterocycles. The number of rotatable bonds is 4. The Morgan fingerprint density at radius 3 is 2.60 bits per heavy atom. The van der Waals surface area contributed by atoms with Crippen molar-refractivity contribution in [1.29, 1.82) is 0 Å². The third-order valence-electron chi connectivity index (χ3n) is 3.22. The molecule has 2 aromatic rings. The number of nitrogens with one attached hydrogen (secondary N) is 1. The van der Waals surface area contributed by atoms with Gasteiger partial charge in [0.1, 0.15) is 11.6 Å². The first-order chi connectivity index (χ1) is 9.54. The maximum absolute atomic E-state index is 14.3. The van der Waals surface area contributed by atoms with Crippen LogP contribution in [0.15, 0.2) is 40.9 Å². The van der Waals surface area contributed by atoms with E-state index in [0.717, 1.165) is 5.56 Å². The number of hydrogen-bond acceptors (Lipinski definition) is 1. The van der Waals surface area contributed by atoms with Crippen LogP contribution in [0.2, 0.25) is 0 Å². The largest absolute Gasteiger partial charge is 0.306 e. The van der Waals surface area contributed by atoms with Gasteiger partial charge in [0.25, 0.3) is 0 Å². The van der Waals surface area contributed by atoms with Crippen molar-refractivity contribution in [2.45, 2.75) is 19.9 Å². The Morgan fingerprint density at radius 2 is 1.95 bits per heavy atom. The van der Waals surface area contributed by atoms with E-state index < -0.39 is 0 Å². The number of aryl methyl sites for hydroxylation is 1. The molecule has 0 fully saturated rings. The standard InChI is InChI=1S/C16H16BrF2N/c1-3-20-16(11-7-8-14(18)10(2)9-11)12-5-4-6-13(17)15(12)19/h4-9,16,20H,3H2,1-2H3. The van der Waals surface area contributed by atoms with Crippen molar-refractivity contribution in [3.63, 3.8) is 0 Å². The Kier molecular flexibility index (Phi) is 4.89. The molecule has 1 nitrogen and oxygen atoms in total. The van der Waals surface area contributed by atoms with E-state index in [1.165, 1.54) is 6.07 Å². The van der Waals surface area contributed by atoms with Crippen molar-refractivity contribution in [2.75, 3.05) is 6.54 Å². The molecule has 0 aliphatic carbocycles. The lowest BCUT2D eigenvalue weighted by atomic mass is 9.96. The molecule has 0 saturated carbocycles. The molecular weight excluding hydrogens is 324 g/mol. The maximum atomic E-state index is 14.3. The first kappa shape index (κ1) is 15.1. The quantitative estimate of drug-likeness (QED) is 0.848. The fraction of sp³-hybridized carbons (Fsp3) is 0.250. The highest BCUT2D eigenvalue weighted by Crippen LogP contribution is 2.29. The van der Waals surface area contributed by atoms with Crippen LogP contribution in [-0.4, -0.2) is 6.54 Å². The maximum Gasteiger partial charge on any atom is 0.142 e. The smallest absolute Gasteiger partial charge is 0.142 e. The van der Waals surface area contributed by atoms with Gasteiger partial charge in [-0.15, -0.1) is 0 Å². The van der Waals surface area contributed by atoms with Gasteiger partial charge in [0.05, 0.1) is 10.5 Å². The van der Waals surface area contributed by atoms with Gasteiger partial charge >= 0.3 is 0 Å². The van der Waals surface area contributed by atoms with Crippen molar-refractivity contribution in [1.82, 2.24) is 5.32 Å². The summed E-state index contributed by atoms with van der Waals surface area (Å²) in [4.78, 5) is 0. The summed E-state index contributed by atoms with van der Waals surface area (Å²) in [5, 5.41) is 3.25. The van der Waals surface area contributed by atoms with Crippen molar-refractivity contribution < 1.29 is 8.78 Å². The SMILES string of the molecule is CCNC(c1ccc(F)c(C)c1)c1cccc(Br)c1F. The van der Waals surface area contributed by atoms with Gasteiger partial charge in [0.2, 0.25) is 0 Å². The Bertz CT molecular complexity index is 613. The fourth-order valence-corrected chi connectivity index (χ4v) is 2.58. The molecule has 1 atom stereocenters. The molecule has 0 saturated heterocycles. The second kappa shape index (κ2) is 6.46. The van der Waals surface area contributed by atoms with Crippen LogP contribution >= 0.6 is 15.9 Å². The zero-order valence-corrected chi connectivity index (χ0v) is 13.0. The zero-order chi connectivity index (χ0) is 14.7. The predicted octanol–water partition coefficient (Wildman–Crippen LogP) is 4.73. The number of hydrogen-bond donors (Lipinski definition) is 1. The second-order valence-electron chi connectivity index (χ2n) is 4.64. The molecule has 20 heavy (non-hydrogen) atoms. The van der Waals surface area contributed by atoms with Gasteiger partial charge in [0.15, 0.2) is 0 Å². The van der Waals surface area contributed by atoms with E-state index in [1.54, 1.807) is 37.3 Å². The number of halogens is 3. The van der Waals surface area contributed by atoms with E-state index in [4.69, 9.17) is 0 Å². The summed E-state index contributed by atoms with van der Waals surface area (Å²) >= 11 is 3.20. The molecule has 0 aliphatic rings. The van der Waals surface area contributed by atoms with Crippen LogP contribution in [0.25, 0.3) is 0 Å². The Labute approximate surface area is 126 Å². The predicted molar refractivity (Wildman–Crippen MR) is 80.8 cm³/mol. The van der Waals surface area contributed by atoms with E-state index in [9.17, 15) is 8.78 Å². The van der Waals surface area contributed by atoms with Gasteiger partial charge in [-0.3, -0.25) is 0 Å². The lowest BCUT2D eigenvalue weighted by Crippen LogP contribution is -2.23. The first-order valence-electron chi connectivity index (χ1n) is 6.48. The summed E-state index contributed by atoms with van der Waals surface area (Å²) in [6.07, 6.45) is 0. The highest BCUT2D eigenvalue weighted by molar-refractivity contribution is 9.10. The van der Waals surface area contributed by atoms with Crippen molar-refractivity contribution in [2.24, 2.45) is 0 Å².